The Balaban J connectivity index is 2.27. The molecule has 2 N–H and O–H groups in total. The van der Waals surface area contributed by atoms with E-state index >= 15 is 0 Å². The summed E-state index contributed by atoms with van der Waals surface area (Å²) in [6.45, 7) is 1.20. The molecule has 0 bridgehead atoms. The van der Waals surface area contributed by atoms with Gasteiger partial charge in [0.1, 0.15) is 0 Å². The average Bonchev–Trinajstić information content (AvgIpc) is 2.61. The summed E-state index contributed by atoms with van der Waals surface area (Å²) in [6.07, 6.45) is 2.27. The van der Waals surface area contributed by atoms with Crippen molar-refractivity contribution < 1.29 is 2.74 Å². The smallest absolute Gasteiger partial charge is 0.0456 e. The maximum Gasteiger partial charge on any atom is 0.0456 e. The van der Waals surface area contributed by atoms with Gasteiger partial charge in [0.15, 0.2) is 0 Å². The molecule has 0 aliphatic carbocycles. The molecule has 2 rings (SSSR count). The molecule has 14 heavy (non-hydrogen) atoms. The highest BCUT2D eigenvalue weighted by atomic mass is 14.8. The molecule has 0 fully saturated rings. The van der Waals surface area contributed by atoms with Crippen LogP contribution in [-0.4, -0.2) is 18.0 Å². The highest BCUT2D eigenvalue weighted by Crippen LogP contribution is 2.17. The first-order chi connectivity index (χ1) is 7.62. The summed E-state index contributed by atoms with van der Waals surface area (Å²) in [5.74, 6) is 0. The molecule has 0 aliphatic heterocycles. The van der Waals surface area contributed by atoms with Gasteiger partial charge in [0.05, 0.1) is 0 Å². The van der Waals surface area contributed by atoms with E-state index in [-0.39, 0.29) is 0 Å². The number of hydrogen-bond donors (Lipinski definition) is 2. The lowest BCUT2D eigenvalue weighted by molar-refractivity contribution is 0.718. The molecule has 0 saturated heterocycles. The number of aryl methyl sites for hydroxylation is 1. The van der Waals surface area contributed by atoms with E-state index in [1.165, 1.54) is 0 Å². The molecular weight excluding hydrogens is 172 g/mol. The van der Waals surface area contributed by atoms with Crippen molar-refractivity contribution in [2.45, 2.75) is 13.3 Å². The van der Waals surface area contributed by atoms with E-state index in [1.54, 1.807) is 0 Å². The number of aromatic amines is 1. The molecule has 0 radical (unpaired) electrons. The molecule has 0 spiro atoms. The van der Waals surface area contributed by atoms with Crippen LogP contribution in [-0.2, 0) is 6.42 Å². The number of hydrogen-bond acceptors (Lipinski definition) is 1. The number of rotatable bonds is 4. The second kappa shape index (κ2) is 4.29. The van der Waals surface area contributed by atoms with Gasteiger partial charge < -0.3 is 10.3 Å². The Bertz CT molecular complexity index is 477. The SMILES string of the molecule is [2H]C([2H])(Cc1c[nH]c2ccccc12)NCC. The standard InChI is InChI=1S/C12H16N2/c1-2-13-8-7-10-9-14-12-6-4-3-5-11(10)12/h3-6,9,13-14H,2,7-8H2,1H3/i8D2. The van der Waals surface area contributed by atoms with Gasteiger partial charge in [-0.3, -0.25) is 0 Å². The fraction of sp³-hybridized carbons (Fsp3) is 0.333. The van der Waals surface area contributed by atoms with E-state index in [4.69, 9.17) is 2.74 Å². The number of fused-ring (bicyclic) bond motifs is 1. The molecule has 0 saturated carbocycles. The van der Waals surface area contributed by atoms with Crippen LogP contribution in [0, 0.1) is 0 Å². The summed E-state index contributed by atoms with van der Waals surface area (Å²) in [5, 5.41) is 3.95. The third kappa shape index (κ3) is 1.80. The Labute approximate surface area is 87.1 Å². The van der Waals surface area contributed by atoms with Crippen LogP contribution in [0.4, 0.5) is 0 Å². The maximum atomic E-state index is 7.82. The Morgan fingerprint density at radius 2 is 2.29 bits per heavy atom. The minimum Gasteiger partial charge on any atom is -0.361 e. The predicted molar refractivity (Wildman–Crippen MR) is 60.5 cm³/mol. The number of para-hydroxylation sites is 1. The van der Waals surface area contributed by atoms with Gasteiger partial charge in [0, 0.05) is 19.8 Å². The summed E-state index contributed by atoms with van der Waals surface area (Å²) in [5.41, 5.74) is 2.08. The first kappa shape index (κ1) is 7.07. The fourth-order valence-corrected chi connectivity index (χ4v) is 1.56. The topological polar surface area (TPSA) is 27.8 Å². The number of likely N-dealkylation sites (N-methyl/N-ethyl adjacent to an activating group) is 1. The van der Waals surface area contributed by atoms with Crippen LogP contribution in [0.2, 0.25) is 0 Å². The maximum absolute atomic E-state index is 7.82. The van der Waals surface area contributed by atoms with E-state index in [0.717, 1.165) is 16.5 Å². The van der Waals surface area contributed by atoms with Crippen molar-refractivity contribution in [1.82, 2.24) is 10.3 Å². The van der Waals surface area contributed by atoms with E-state index in [1.807, 2.05) is 37.4 Å². The third-order valence-electron chi connectivity index (χ3n) is 2.26. The Hall–Kier alpha value is -1.28. The minimum absolute atomic E-state index is 0.380. The van der Waals surface area contributed by atoms with Crippen molar-refractivity contribution in [3.05, 3.63) is 36.0 Å². The molecule has 0 aliphatic rings. The minimum atomic E-state index is -1.35. The van der Waals surface area contributed by atoms with Crippen molar-refractivity contribution in [2.75, 3.05) is 13.0 Å². The largest absolute Gasteiger partial charge is 0.361 e. The van der Waals surface area contributed by atoms with Crippen molar-refractivity contribution in [2.24, 2.45) is 0 Å². The lowest BCUT2D eigenvalue weighted by Gasteiger charge is -1.99. The lowest BCUT2D eigenvalue weighted by atomic mass is 10.1. The summed E-state index contributed by atoms with van der Waals surface area (Å²) < 4.78 is 15.6. The monoisotopic (exact) mass is 190 g/mol. The first-order valence-corrected chi connectivity index (χ1v) is 4.92. The highest BCUT2D eigenvalue weighted by molar-refractivity contribution is 5.83. The molecule has 1 aromatic carbocycles. The van der Waals surface area contributed by atoms with Crippen LogP contribution in [0.1, 0.15) is 15.2 Å². The van der Waals surface area contributed by atoms with Gasteiger partial charge in [0.25, 0.3) is 0 Å². The van der Waals surface area contributed by atoms with Crippen LogP contribution in [0.5, 0.6) is 0 Å². The third-order valence-corrected chi connectivity index (χ3v) is 2.26. The quantitative estimate of drug-likeness (QED) is 0.760. The van der Waals surface area contributed by atoms with E-state index in [2.05, 4.69) is 10.3 Å². The van der Waals surface area contributed by atoms with Crippen molar-refractivity contribution in [3.63, 3.8) is 0 Å². The number of benzene rings is 1. The second-order valence-corrected chi connectivity index (χ2v) is 3.24. The molecule has 0 unspecified atom stereocenters. The van der Waals surface area contributed by atoms with Crippen LogP contribution in [0.3, 0.4) is 0 Å². The molecule has 0 atom stereocenters. The molecule has 2 nitrogen and oxygen atoms in total. The van der Waals surface area contributed by atoms with Crippen molar-refractivity contribution in [1.29, 1.82) is 0 Å². The second-order valence-electron chi connectivity index (χ2n) is 3.24. The van der Waals surface area contributed by atoms with Gasteiger partial charge in [-0.05, 0) is 31.1 Å². The van der Waals surface area contributed by atoms with Crippen LogP contribution in [0.15, 0.2) is 30.5 Å². The highest BCUT2D eigenvalue weighted by Gasteiger charge is 2.00. The molecule has 0 amide bonds. The van der Waals surface area contributed by atoms with E-state index < -0.39 is 6.50 Å². The zero-order valence-electron chi connectivity index (χ0n) is 10.3. The molecule has 1 aromatic heterocycles. The van der Waals surface area contributed by atoms with Gasteiger partial charge in [-0.15, -0.1) is 0 Å². The Morgan fingerprint density at radius 1 is 1.43 bits per heavy atom. The zero-order chi connectivity index (χ0) is 11.6. The van der Waals surface area contributed by atoms with E-state index in [0.29, 0.717) is 13.0 Å². The number of nitrogens with one attached hydrogen (secondary N) is 2. The predicted octanol–water partition coefficient (Wildman–Crippen LogP) is 2.32. The average molecular weight is 190 g/mol. The number of aromatic nitrogens is 1. The van der Waals surface area contributed by atoms with E-state index in [9.17, 15) is 0 Å². The first-order valence-electron chi connectivity index (χ1n) is 5.92. The van der Waals surface area contributed by atoms with Crippen molar-refractivity contribution in [3.8, 4) is 0 Å². The zero-order valence-corrected chi connectivity index (χ0v) is 8.30. The Morgan fingerprint density at radius 3 is 3.14 bits per heavy atom. The van der Waals surface area contributed by atoms with Gasteiger partial charge in [-0.2, -0.15) is 0 Å². The molecular formula is C12H16N2. The van der Waals surface area contributed by atoms with Gasteiger partial charge >= 0.3 is 0 Å². The van der Waals surface area contributed by atoms with Crippen LogP contribution >= 0.6 is 0 Å². The normalized spacial score (nSPS) is 14.1. The molecule has 1 heterocycles. The molecule has 74 valence electrons. The van der Waals surface area contributed by atoms with Crippen LogP contribution in [0.25, 0.3) is 10.9 Å². The summed E-state index contributed by atoms with van der Waals surface area (Å²) >= 11 is 0. The fourth-order valence-electron chi connectivity index (χ4n) is 1.56. The summed E-state index contributed by atoms with van der Waals surface area (Å²) in [6, 6.07) is 7.97. The van der Waals surface area contributed by atoms with Crippen LogP contribution < -0.4 is 5.32 Å². The molecule has 2 heteroatoms. The Kier molecular flexibility index (Phi) is 2.17. The summed E-state index contributed by atoms with van der Waals surface area (Å²) in [7, 11) is 0. The van der Waals surface area contributed by atoms with Crippen molar-refractivity contribution >= 4 is 10.9 Å². The number of H-pyrrole nitrogens is 1. The lowest BCUT2D eigenvalue weighted by Crippen LogP contribution is -2.15. The van der Waals surface area contributed by atoms with Gasteiger partial charge in [-0.1, -0.05) is 25.1 Å². The van der Waals surface area contributed by atoms with Gasteiger partial charge in [0.2, 0.25) is 0 Å². The molecule has 2 aromatic rings. The van der Waals surface area contributed by atoms with Gasteiger partial charge in [-0.25, -0.2) is 0 Å². The summed E-state index contributed by atoms with van der Waals surface area (Å²) in [4.78, 5) is 3.16.